The molecular weight excluding hydrogens is 230 g/mol. The number of carbonyl (C=O) groups is 1. The van der Waals surface area contributed by atoms with Gasteiger partial charge >= 0.3 is 5.97 Å². The molecule has 0 aliphatic heterocycles. The molecule has 1 aromatic carbocycles. The van der Waals surface area contributed by atoms with Crippen LogP contribution in [0.4, 0.5) is 0 Å². The fourth-order valence-electron chi connectivity index (χ4n) is 1.97. The first kappa shape index (κ1) is 12.4. The highest BCUT2D eigenvalue weighted by molar-refractivity contribution is 5.81. The summed E-state index contributed by atoms with van der Waals surface area (Å²) in [6, 6.07) is 7.01. The maximum Gasteiger partial charge on any atom is 0.323 e. The minimum absolute atomic E-state index is 0.0749. The molecule has 0 amide bonds. The van der Waals surface area contributed by atoms with Gasteiger partial charge in [-0.15, -0.1) is 0 Å². The number of aromatic nitrogens is 1. The highest BCUT2D eigenvalue weighted by atomic mass is 16.4. The normalized spacial score (nSPS) is 11.1. The third-order valence-electron chi connectivity index (χ3n) is 2.97. The molecule has 18 heavy (non-hydrogen) atoms. The molecular formula is C14H15NO3. The monoisotopic (exact) mass is 245 g/mol. The van der Waals surface area contributed by atoms with Gasteiger partial charge in [-0.3, -0.25) is 9.59 Å². The van der Waals surface area contributed by atoms with Crippen molar-refractivity contribution in [3.05, 3.63) is 46.2 Å². The van der Waals surface area contributed by atoms with Crippen LogP contribution >= 0.6 is 0 Å². The van der Waals surface area contributed by atoms with Gasteiger partial charge in [-0.2, -0.15) is 0 Å². The van der Waals surface area contributed by atoms with E-state index >= 15 is 0 Å². The van der Waals surface area contributed by atoms with E-state index in [1.54, 1.807) is 4.57 Å². The second-order valence-corrected chi connectivity index (χ2v) is 4.63. The van der Waals surface area contributed by atoms with Crippen LogP contribution in [0.15, 0.2) is 35.3 Å². The molecule has 94 valence electrons. The number of hydrogen-bond acceptors (Lipinski definition) is 2. The van der Waals surface area contributed by atoms with E-state index in [1.807, 2.05) is 18.2 Å². The first-order valence-corrected chi connectivity index (χ1v) is 5.84. The van der Waals surface area contributed by atoms with Crippen molar-refractivity contribution in [3.8, 4) is 0 Å². The van der Waals surface area contributed by atoms with E-state index < -0.39 is 5.97 Å². The van der Waals surface area contributed by atoms with E-state index in [0.29, 0.717) is 16.8 Å². The number of nitrogens with zero attached hydrogens (tertiary/aromatic N) is 1. The van der Waals surface area contributed by atoms with Gasteiger partial charge in [0.05, 0.1) is 5.52 Å². The minimum Gasteiger partial charge on any atom is -0.480 e. The van der Waals surface area contributed by atoms with Crippen LogP contribution in [0.3, 0.4) is 0 Å². The number of rotatable bonds is 3. The van der Waals surface area contributed by atoms with Crippen LogP contribution in [0, 0.1) is 0 Å². The maximum atomic E-state index is 11.8. The van der Waals surface area contributed by atoms with Gasteiger partial charge in [0.15, 0.2) is 5.43 Å². The number of pyridine rings is 1. The number of hydrogen-bond donors (Lipinski definition) is 1. The third-order valence-corrected chi connectivity index (χ3v) is 2.97. The predicted molar refractivity (Wildman–Crippen MR) is 69.9 cm³/mol. The lowest BCUT2D eigenvalue weighted by Gasteiger charge is -2.11. The van der Waals surface area contributed by atoms with Crippen LogP contribution < -0.4 is 5.43 Å². The zero-order valence-electron chi connectivity index (χ0n) is 10.4. The maximum absolute atomic E-state index is 11.8. The average molecular weight is 245 g/mol. The van der Waals surface area contributed by atoms with Gasteiger partial charge in [0.1, 0.15) is 6.54 Å². The van der Waals surface area contributed by atoms with E-state index in [1.165, 1.54) is 12.3 Å². The van der Waals surface area contributed by atoms with Gasteiger partial charge in [-0.1, -0.05) is 19.9 Å². The molecule has 1 N–H and O–H groups in total. The molecule has 4 nitrogen and oxygen atoms in total. The lowest BCUT2D eigenvalue weighted by Crippen LogP contribution is -2.13. The molecule has 1 aromatic heterocycles. The van der Waals surface area contributed by atoms with Crippen LogP contribution in [-0.2, 0) is 11.3 Å². The van der Waals surface area contributed by atoms with Crippen molar-refractivity contribution in [3.63, 3.8) is 0 Å². The zero-order valence-corrected chi connectivity index (χ0v) is 10.4. The Morgan fingerprint density at radius 3 is 2.67 bits per heavy atom. The summed E-state index contributed by atoms with van der Waals surface area (Å²) in [7, 11) is 0. The molecule has 0 unspecified atom stereocenters. The van der Waals surface area contributed by atoms with Gasteiger partial charge in [0.25, 0.3) is 0 Å². The van der Waals surface area contributed by atoms with Crippen LogP contribution in [0.2, 0.25) is 0 Å². The SMILES string of the molecule is CC(C)c1ccc2c(c1)c(=O)ccn2CC(=O)O. The zero-order chi connectivity index (χ0) is 13.3. The molecule has 0 atom stereocenters. The van der Waals surface area contributed by atoms with Crippen LogP contribution in [-0.4, -0.2) is 15.6 Å². The Bertz CT molecular complexity index is 656. The molecule has 0 aliphatic carbocycles. The standard InChI is InChI=1S/C14H15NO3/c1-9(2)10-3-4-12-11(7-10)13(16)5-6-15(12)8-14(17)18/h3-7,9H,8H2,1-2H3,(H,17,18). The minimum atomic E-state index is -0.923. The molecule has 0 saturated heterocycles. The fraction of sp³-hybridized carbons (Fsp3) is 0.286. The van der Waals surface area contributed by atoms with E-state index in [-0.39, 0.29) is 12.0 Å². The molecule has 2 rings (SSSR count). The first-order chi connectivity index (χ1) is 8.49. The molecule has 0 fully saturated rings. The summed E-state index contributed by atoms with van der Waals surface area (Å²) in [5.74, 6) is -0.588. The second-order valence-electron chi connectivity index (χ2n) is 4.63. The van der Waals surface area contributed by atoms with Crippen LogP contribution in [0.5, 0.6) is 0 Å². The summed E-state index contributed by atoms with van der Waals surface area (Å²) in [5.41, 5.74) is 1.66. The number of fused-ring (bicyclic) bond motifs is 1. The van der Waals surface area contributed by atoms with Gasteiger partial charge in [-0.25, -0.2) is 0 Å². The van der Waals surface area contributed by atoms with Crippen molar-refractivity contribution in [2.24, 2.45) is 0 Å². The van der Waals surface area contributed by atoms with Gasteiger partial charge in [0.2, 0.25) is 0 Å². The number of carboxylic acids is 1. The van der Waals surface area contributed by atoms with Crippen LogP contribution in [0.1, 0.15) is 25.3 Å². The highest BCUT2D eigenvalue weighted by Gasteiger charge is 2.08. The lowest BCUT2D eigenvalue weighted by atomic mass is 10.0. The smallest absolute Gasteiger partial charge is 0.323 e. The summed E-state index contributed by atoms with van der Waals surface area (Å²) >= 11 is 0. The summed E-state index contributed by atoms with van der Waals surface area (Å²) < 4.78 is 1.57. The van der Waals surface area contributed by atoms with Crippen LogP contribution in [0.25, 0.3) is 10.9 Å². The van der Waals surface area contributed by atoms with Crippen molar-refractivity contribution in [1.29, 1.82) is 0 Å². The molecule has 0 bridgehead atoms. The number of aliphatic carboxylic acids is 1. The highest BCUT2D eigenvalue weighted by Crippen LogP contribution is 2.19. The second kappa shape index (κ2) is 4.64. The molecule has 4 heteroatoms. The van der Waals surface area contributed by atoms with E-state index in [2.05, 4.69) is 13.8 Å². The van der Waals surface area contributed by atoms with Crippen molar-refractivity contribution >= 4 is 16.9 Å². The van der Waals surface area contributed by atoms with Crippen molar-refractivity contribution in [2.75, 3.05) is 0 Å². The first-order valence-electron chi connectivity index (χ1n) is 5.84. The molecule has 0 saturated carbocycles. The average Bonchev–Trinajstić information content (AvgIpc) is 2.32. The van der Waals surface area contributed by atoms with E-state index in [0.717, 1.165) is 5.56 Å². The van der Waals surface area contributed by atoms with Crippen molar-refractivity contribution in [1.82, 2.24) is 4.57 Å². The Labute approximate surface area is 104 Å². The molecule has 1 heterocycles. The summed E-state index contributed by atoms with van der Waals surface area (Å²) in [4.78, 5) is 22.6. The summed E-state index contributed by atoms with van der Waals surface area (Å²) in [6.07, 6.45) is 1.52. The summed E-state index contributed by atoms with van der Waals surface area (Å²) in [6.45, 7) is 3.97. The Morgan fingerprint density at radius 2 is 2.06 bits per heavy atom. The molecule has 0 radical (unpaired) electrons. The Balaban J connectivity index is 2.68. The fourth-order valence-corrected chi connectivity index (χ4v) is 1.97. The summed E-state index contributed by atoms with van der Waals surface area (Å²) in [5, 5.41) is 9.41. The van der Waals surface area contributed by atoms with E-state index in [9.17, 15) is 9.59 Å². The van der Waals surface area contributed by atoms with Gasteiger partial charge < -0.3 is 9.67 Å². The topological polar surface area (TPSA) is 59.3 Å². The largest absolute Gasteiger partial charge is 0.480 e. The Morgan fingerprint density at radius 1 is 1.33 bits per heavy atom. The van der Waals surface area contributed by atoms with Crippen molar-refractivity contribution in [2.45, 2.75) is 26.3 Å². The van der Waals surface area contributed by atoms with E-state index in [4.69, 9.17) is 5.11 Å². The third kappa shape index (κ3) is 2.27. The van der Waals surface area contributed by atoms with Gasteiger partial charge in [0, 0.05) is 17.6 Å². The van der Waals surface area contributed by atoms with Gasteiger partial charge in [-0.05, 0) is 23.6 Å². The predicted octanol–water partition coefficient (Wildman–Crippen LogP) is 2.21. The lowest BCUT2D eigenvalue weighted by molar-refractivity contribution is -0.137. The molecule has 0 spiro atoms. The molecule has 0 aliphatic rings. The Kier molecular flexibility index (Phi) is 3.19. The van der Waals surface area contributed by atoms with Crippen molar-refractivity contribution < 1.29 is 9.90 Å². The number of carboxylic acid groups (broad SMARTS) is 1. The quantitative estimate of drug-likeness (QED) is 0.901. The number of benzene rings is 1. The Hall–Kier alpha value is -2.10. The molecule has 2 aromatic rings.